The molecule has 2 aromatic heterocycles. The summed E-state index contributed by atoms with van der Waals surface area (Å²) in [6, 6.07) is 10.3. The van der Waals surface area contributed by atoms with E-state index < -0.39 is 0 Å². The highest BCUT2D eigenvalue weighted by Crippen LogP contribution is 2.39. The summed E-state index contributed by atoms with van der Waals surface area (Å²) < 4.78 is 0. The van der Waals surface area contributed by atoms with E-state index >= 15 is 0 Å². The Morgan fingerprint density at radius 1 is 1.19 bits per heavy atom. The van der Waals surface area contributed by atoms with E-state index in [1.54, 1.807) is 11.3 Å². The number of nitrogens with zero attached hydrogens (tertiary/aromatic N) is 3. The number of thiophene rings is 1. The van der Waals surface area contributed by atoms with Crippen LogP contribution in [-0.2, 0) is 0 Å². The standard InChI is InChI=1S/C16H15N3OS/c1-10-17-15(19-7-12(20)8-19)14-13(9-21-16(14)18-10)11-5-3-2-4-6-11/h2-6,9,12,20H,7-8H2,1H3. The Morgan fingerprint density at radius 3 is 2.67 bits per heavy atom. The van der Waals surface area contributed by atoms with Crippen molar-refractivity contribution in [3.63, 3.8) is 0 Å². The fourth-order valence-corrected chi connectivity index (χ4v) is 3.70. The van der Waals surface area contributed by atoms with Crippen molar-refractivity contribution in [3.8, 4) is 11.1 Å². The molecule has 0 aliphatic carbocycles. The van der Waals surface area contributed by atoms with Gasteiger partial charge in [-0.15, -0.1) is 11.3 Å². The van der Waals surface area contributed by atoms with Crippen molar-refractivity contribution in [2.45, 2.75) is 13.0 Å². The predicted octanol–water partition coefficient (Wildman–Crippen LogP) is 2.85. The normalized spacial score (nSPS) is 15.4. The topological polar surface area (TPSA) is 49.2 Å². The number of anilines is 1. The fourth-order valence-electron chi connectivity index (χ4n) is 2.71. The number of β-amino-alcohol motifs (C(OH)–C–C–N with tert-alkyl or cyclic N) is 1. The smallest absolute Gasteiger partial charge is 0.141 e. The van der Waals surface area contributed by atoms with Crippen LogP contribution in [0.5, 0.6) is 0 Å². The van der Waals surface area contributed by atoms with Crippen molar-refractivity contribution >= 4 is 27.4 Å². The third-order valence-electron chi connectivity index (χ3n) is 3.77. The molecular formula is C16H15N3OS. The average molecular weight is 297 g/mol. The molecule has 4 nitrogen and oxygen atoms in total. The SMILES string of the molecule is Cc1nc(N2CC(O)C2)c2c(-c3ccccc3)csc2n1. The first kappa shape index (κ1) is 12.7. The Morgan fingerprint density at radius 2 is 1.95 bits per heavy atom. The van der Waals surface area contributed by atoms with Gasteiger partial charge < -0.3 is 10.0 Å². The Kier molecular flexibility index (Phi) is 2.90. The van der Waals surface area contributed by atoms with Gasteiger partial charge in [-0.2, -0.15) is 0 Å². The molecule has 1 N–H and O–H groups in total. The van der Waals surface area contributed by atoms with Crippen molar-refractivity contribution in [3.05, 3.63) is 41.5 Å². The first-order valence-corrected chi connectivity index (χ1v) is 7.84. The maximum atomic E-state index is 9.58. The second-order valence-electron chi connectivity index (χ2n) is 5.35. The number of fused-ring (bicyclic) bond motifs is 1. The summed E-state index contributed by atoms with van der Waals surface area (Å²) in [5, 5.41) is 12.8. The summed E-state index contributed by atoms with van der Waals surface area (Å²) >= 11 is 1.65. The summed E-state index contributed by atoms with van der Waals surface area (Å²) in [4.78, 5) is 12.3. The Hall–Kier alpha value is -1.98. The zero-order valence-corrected chi connectivity index (χ0v) is 12.5. The number of aromatic nitrogens is 2. The molecule has 1 aliphatic heterocycles. The largest absolute Gasteiger partial charge is 0.389 e. The molecule has 1 fully saturated rings. The molecule has 106 valence electrons. The third-order valence-corrected chi connectivity index (χ3v) is 4.65. The number of benzene rings is 1. The fraction of sp³-hybridized carbons (Fsp3) is 0.250. The van der Waals surface area contributed by atoms with Crippen LogP contribution in [0.3, 0.4) is 0 Å². The number of aliphatic hydroxyl groups is 1. The van der Waals surface area contributed by atoms with Gasteiger partial charge in [0.05, 0.1) is 11.5 Å². The summed E-state index contributed by atoms with van der Waals surface area (Å²) in [5.41, 5.74) is 2.35. The van der Waals surface area contributed by atoms with Gasteiger partial charge in [-0.3, -0.25) is 0 Å². The summed E-state index contributed by atoms with van der Waals surface area (Å²) in [6.07, 6.45) is -0.242. The van der Waals surface area contributed by atoms with Crippen LogP contribution in [0.1, 0.15) is 5.82 Å². The summed E-state index contributed by atoms with van der Waals surface area (Å²) in [7, 11) is 0. The second kappa shape index (κ2) is 4.79. The lowest BCUT2D eigenvalue weighted by Gasteiger charge is -2.37. The van der Waals surface area contributed by atoms with Crippen molar-refractivity contribution in [1.82, 2.24) is 9.97 Å². The highest BCUT2D eigenvalue weighted by Gasteiger charge is 2.28. The molecule has 1 aliphatic rings. The second-order valence-corrected chi connectivity index (χ2v) is 6.21. The molecule has 4 rings (SSSR count). The maximum Gasteiger partial charge on any atom is 0.141 e. The molecule has 0 amide bonds. The third kappa shape index (κ3) is 2.09. The van der Waals surface area contributed by atoms with Crippen LogP contribution in [0.4, 0.5) is 5.82 Å². The van der Waals surface area contributed by atoms with Crippen molar-refractivity contribution < 1.29 is 5.11 Å². The molecule has 1 aromatic carbocycles. The number of hydrogen-bond donors (Lipinski definition) is 1. The van der Waals surface area contributed by atoms with Crippen molar-refractivity contribution in [2.24, 2.45) is 0 Å². The molecular weight excluding hydrogens is 282 g/mol. The Bertz CT molecular complexity index is 794. The van der Waals surface area contributed by atoms with E-state index in [2.05, 4.69) is 32.4 Å². The lowest BCUT2D eigenvalue weighted by molar-refractivity contribution is 0.141. The summed E-state index contributed by atoms with van der Waals surface area (Å²) in [5.74, 6) is 1.73. The van der Waals surface area contributed by atoms with Crippen LogP contribution < -0.4 is 4.90 Å². The zero-order chi connectivity index (χ0) is 14.4. The van der Waals surface area contributed by atoms with Gasteiger partial charge in [0.2, 0.25) is 0 Å². The molecule has 0 atom stereocenters. The van der Waals surface area contributed by atoms with Gasteiger partial charge in [-0.05, 0) is 12.5 Å². The van der Waals surface area contributed by atoms with Crippen LogP contribution in [0.25, 0.3) is 21.3 Å². The first-order valence-electron chi connectivity index (χ1n) is 6.96. The van der Waals surface area contributed by atoms with E-state index in [0.29, 0.717) is 13.1 Å². The van der Waals surface area contributed by atoms with Crippen molar-refractivity contribution in [1.29, 1.82) is 0 Å². The minimum atomic E-state index is -0.242. The van der Waals surface area contributed by atoms with E-state index in [1.807, 2.05) is 25.1 Å². The minimum absolute atomic E-state index is 0.242. The summed E-state index contributed by atoms with van der Waals surface area (Å²) in [6.45, 7) is 3.21. The predicted molar refractivity (Wildman–Crippen MR) is 85.8 cm³/mol. The van der Waals surface area contributed by atoms with Gasteiger partial charge in [0, 0.05) is 24.0 Å². The lowest BCUT2D eigenvalue weighted by Crippen LogP contribution is -2.51. The number of rotatable bonds is 2. The van der Waals surface area contributed by atoms with Crippen molar-refractivity contribution in [2.75, 3.05) is 18.0 Å². The van der Waals surface area contributed by atoms with Gasteiger partial charge in [0.25, 0.3) is 0 Å². The minimum Gasteiger partial charge on any atom is -0.389 e. The zero-order valence-electron chi connectivity index (χ0n) is 11.7. The average Bonchev–Trinajstić information content (AvgIpc) is 2.88. The van der Waals surface area contributed by atoms with Gasteiger partial charge in [-0.1, -0.05) is 30.3 Å². The Balaban J connectivity index is 1.93. The van der Waals surface area contributed by atoms with Crippen LogP contribution in [0, 0.1) is 6.92 Å². The molecule has 3 heterocycles. The molecule has 21 heavy (non-hydrogen) atoms. The molecule has 0 unspecified atom stereocenters. The van der Waals surface area contributed by atoms with Gasteiger partial charge in [-0.25, -0.2) is 9.97 Å². The van der Waals surface area contributed by atoms with Crippen LogP contribution in [0.15, 0.2) is 35.7 Å². The molecule has 5 heteroatoms. The molecule has 1 saturated heterocycles. The lowest BCUT2D eigenvalue weighted by atomic mass is 10.0. The number of hydrogen-bond acceptors (Lipinski definition) is 5. The van der Waals surface area contributed by atoms with E-state index in [1.165, 1.54) is 11.1 Å². The van der Waals surface area contributed by atoms with Crippen LogP contribution in [0.2, 0.25) is 0 Å². The number of aryl methyl sites for hydroxylation is 1. The highest BCUT2D eigenvalue weighted by molar-refractivity contribution is 7.17. The molecule has 0 spiro atoms. The van der Waals surface area contributed by atoms with E-state index in [9.17, 15) is 5.11 Å². The first-order chi connectivity index (χ1) is 10.2. The van der Waals surface area contributed by atoms with Crippen LogP contribution in [-0.4, -0.2) is 34.3 Å². The van der Waals surface area contributed by atoms with Gasteiger partial charge in [0.1, 0.15) is 16.5 Å². The monoisotopic (exact) mass is 297 g/mol. The van der Waals surface area contributed by atoms with Gasteiger partial charge >= 0.3 is 0 Å². The van der Waals surface area contributed by atoms with Gasteiger partial charge in [0.15, 0.2) is 0 Å². The highest BCUT2D eigenvalue weighted by atomic mass is 32.1. The maximum absolute atomic E-state index is 9.58. The Labute approximate surface area is 126 Å². The molecule has 0 saturated carbocycles. The van der Waals surface area contributed by atoms with E-state index in [-0.39, 0.29) is 6.10 Å². The number of aliphatic hydroxyl groups excluding tert-OH is 1. The molecule has 0 radical (unpaired) electrons. The van der Waals surface area contributed by atoms with E-state index in [0.717, 1.165) is 21.9 Å². The quantitative estimate of drug-likeness (QED) is 0.790. The van der Waals surface area contributed by atoms with Crippen LogP contribution >= 0.6 is 11.3 Å². The molecule has 0 bridgehead atoms. The van der Waals surface area contributed by atoms with E-state index in [4.69, 9.17) is 0 Å². The molecule has 3 aromatic rings.